The van der Waals surface area contributed by atoms with E-state index in [-0.39, 0.29) is 5.69 Å². The van der Waals surface area contributed by atoms with Gasteiger partial charge < -0.3 is 9.84 Å². The molecular weight excluding hydrogens is 270 g/mol. The van der Waals surface area contributed by atoms with Crippen LogP contribution in [0.25, 0.3) is 0 Å². The van der Waals surface area contributed by atoms with Gasteiger partial charge in [-0.2, -0.15) is 0 Å². The van der Waals surface area contributed by atoms with Crippen molar-refractivity contribution in [2.75, 3.05) is 6.61 Å². The quantitative estimate of drug-likeness (QED) is 0.846. The minimum Gasteiger partial charge on any atom is -0.494 e. The van der Waals surface area contributed by atoms with E-state index in [4.69, 9.17) is 9.84 Å². The average Bonchev–Trinajstić information content (AvgIpc) is 2.85. The van der Waals surface area contributed by atoms with E-state index >= 15 is 0 Å². The fourth-order valence-corrected chi connectivity index (χ4v) is 2.14. The number of hydrogen-bond donors (Lipinski definition) is 1. The molecule has 21 heavy (non-hydrogen) atoms. The molecule has 2 rings (SSSR count). The number of hydrogen-bond acceptors (Lipinski definition) is 4. The molecular formula is C15H19N3O3. The van der Waals surface area contributed by atoms with Crippen molar-refractivity contribution in [1.29, 1.82) is 0 Å². The molecule has 0 bridgehead atoms. The van der Waals surface area contributed by atoms with Crippen LogP contribution in [0.4, 0.5) is 0 Å². The summed E-state index contributed by atoms with van der Waals surface area (Å²) in [6, 6.07) is 7.69. The van der Waals surface area contributed by atoms with E-state index in [1.54, 1.807) is 4.68 Å². The highest BCUT2D eigenvalue weighted by molar-refractivity contribution is 5.86. The first-order valence-electron chi connectivity index (χ1n) is 7.03. The maximum Gasteiger partial charge on any atom is 0.358 e. The first kappa shape index (κ1) is 15.0. The zero-order chi connectivity index (χ0) is 15.2. The van der Waals surface area contributed by atoms with Crippen molar-refractivity contribution in [2.24, 2.45) is 0 Å². The van der Waals surface area contributed by atoms with E-state index in [1.807, 2.05) is 38.1 Å². The Morgan fingerprint density at radius 1 is 1.29 bits per heavy atom. The third-order valence-corrected chi connectivity index (χ3v) is 3.09. The third kappa shape index (κ3) is 3.59. The highest BCUT2D eigenvalue weighted by Gasteiger charge is 2.18. The maximum absolute atomic E-state index is 11.1. The van der Waals surface area contributed by atoms with Crippen LogP contribution in [0.5, 0.6) is 5.75 Å². The second kappa shape index (κ2) is 6.88. The molecule has 0 fully saturated rings. The van der Waals surface area contributed by atoms with Crippen molar-refractivity contribution in [1.82, 2.24) is 15.0 Å². The Hall–Kier alpha value is -2.37. The lowest BCUT2D eigenvalue weighted by atomic mass is 10.2. The van der Waals surface area contributed by atoms with E-state index in [0.29, 0.717) is 25.3 Å². The molecule has 1 aromatic carbocycles. The van der Waals surface area contributed by atoms with Gasteiger partial charge in [0.15, 0.2) is 5.69 Å². The summed E-state index contributed by atoms with van der Waals surface area (Å²) in [4.78, 5) is 11.1. The van der Waals surface area contributed by atoms with Crippen molar-refractivity contribution in [3.63, 3.8) is 0 Å². The molecule has 0 saturated heterocycles. The normalized spacial score (nSPS) is 10.6. The standard InChI is InChI=1S/C15H19N3O3/c1-3-5-13-14(15(19)20)16-17-18(13)10-11-6-8-12(9-7-11)21-4-2/h6-9H,3-5,10H2,1-2H3,(H,19,20). The summed E-state index contributed by atoms with van der Waals surface area (Å²) in [6.45, 7) is 5.07. The van der Waals surface area contributed by atoms with E-state index in [1.165, 1.54) is 0 Å². The summed E-state index contributed by atoms with van der Waals surface area (Å²) >= 11 is 0. The molecule has 0 aliphatic rings. The predicted octanol–water partition coefficient (Wildman–Crippen LogP) is 2.38. The van der Waals surface area contributed by atoms with Gasteiger partial charge >= 0.3 is 5.97 Å². The first-order chi connectivity index (χ1) is 10.2. The second-order valence-corrected chi connectivity index (χ2v) is 4.67. The van der Waals surface area contributed by atoms with Gasteiger partial charge in [0, 0.05) is 0 Å². The summed E-state index contributed by atoms with van der Waals surface area (Å²) in [5, 5.41) is 16.9. The minimum absolute atomic E-state index is 0.0442. The molecule has 1 heterocycles. The summed E-state index contributed by atoms with van der Waals surface area (Å²) in [7, 11) is 0. The number of rotatable bonds is 7. The number of aromatic carboxylic acids is 1. The Balaban J connectivity index is 2.20. The van der Waals surface area contributed by atoms with Crippen LogP contribution in [0.3, 0.4) is 0 Å². The topological polar surface area (TPSA) is 77.2 Å². The van der Waals surface area contributed by atoms with Gasteiger partial charge in [-0.15, -0.1) is 5.10 Å². The molecule has 2 aromatic rings. The molecule has 6 heteroatoms. The lowest BCUT2D eigenvalue weighted by Gasteiger charge is -2.08. The van der Waals surface area contributed by atoms with Crippen LogP contribution in [-0.4, -0.2) is 32.7 Å². The third-order valence-electron chi connectivity index (χ3n) is 3.09. The van der Waals surface area contributed by atoms with Gasteiger partial charge in [0.25, 0.3) is 0 Å². The van der Waals surface area contributed by atoms with Gasteiger partial charge in [0.1, 0.15) is 5.75 Å². The fourth-order valence-electron chi connectivity index (χ4n) is 2.14. The smallest absolute Gasteiger partial charge is 0.358 e. The van der Waals surface area contributed by atoms with Crippen LogP contribution in [0.15, 0.2) is 24.3 Å². The van der Waals surface area contributed by atoms with Crippen LogP contribution in [0.1, 0.15) is 42.0 Å². The predicted molar refractivity (Wildman–Crippen MR) is 77.7 cm³/mol. The lowest BCUT2D eigenvalue weighted by molar-refractivity contribution is 0.0689. The number of nitrogens with zero attached hydrogens (tertiary/aromatic N) is 3. The van der Waals surface area contributed by atoms with Gasteiger partial charge in [-0.05, 0) is 31.0 Å². The van der Waals surface area contributed by atoms with Crippen molar-refractivity contribution in [3.05, 3.63) is 41.2 Å². The van der Waals surface area contributed by atoms with Gasteiger partial charge in [0.05, 0.1) is 18.8 Å². The molecule has 1 aromatic heterocycles. The Bertz CT molecular complexity index is 605. The van der Waals surface area contributed by atoms with Crippen LogP contribution >= 0.6 is 0 Å². The van der Waals surface area contributed by atoms with Crippen LogP contribution in [0, 0.1) is 0 Å². The molecule has 6 nitrogen and oxygen atoms in total. The summed E-state index contributed by atoms with van der Waals surface area (Å²) < 4.78 is 7.05. The van der Waals surface area contributed by atoms with Gasteiger partial charge in [-0.3, -0.25) is 0 Å². The van der Waals surface area contributed by atoms with Crippen molar-refractivity contribution in [3.8, 4) is 5.75 Å². The monoisotopic (exact) mass is 289 g/mol. The molecule has 1 N–H and O–H groups in total. The van der Waals surface area contributed by atoms with Crippen LogP contribution in [-0.2, 0) is 13.0 Å². The fraction of sp³-hybridized carbons (Fsp3) is 0.400. The zero-order valence-corrected chi connectivity index (χ0v) is 12.2. The minimum atomic E-state index is -1.03. The molecule has 0 spiro atoms. The van der Waals surface area contributed by atoms with Gasteiger partial charge in [0.2, 0.25) is 0 Å². The van der Waals surface area contributed by atoms with E-state index in [9.17, 15) is 4.79 Å². The SMILES string of the molecule is CCCc1c(C(=O)O)nnn1Cc1ccc(OCC)cc1. The van der Waals surface area contributed by atoms with E-state index in [2.05, 4.69) is 10.3 Å². The number of carboxylic acid groups (broad SMARTS) is 1. The first-order valence-corrected chi connectivity index (χ1v) is 7.03. The molecule has 0 saturated carbocycles. The summed E-state index contributed by atoms with van der Waals surface area (Å²) in [5.41, 5.74) is 1.74. The maximum atomic E-state index is 11.1. The molecule has 0 unspecified atom stereocenters. The number of ether oxygens (including phenoxy) is 1. The molecule has 0 aliphatic heterocycles. The van der Waals surface area contributed by atoms with Crippen molar-refractivity contribution >= 4 is 5.97 Å². The number of carboxylic acids is 1. The second-order valence-electron chi connectivity index (χ2n) is 4.67. The molecule has 0 atom stereocenters. The van der Waals surface area contributed by atoms with Crippen LogP contribution in [0.2, 0.25) is 0 Å². The van der Waals surface area contributed by atoms with Crippen LogP contribution < -0.4 is 4.74 Å². The van der Waals surface area contributed by atoms with Crippen molar-refractivity contribution < 1.29 is 14.6 Å². The summed E-state index contributed by atoms with van der Waals surface area (Å²) in [5.74, 6) is -0.212. The Labute approximate surface area is 123 Å². The molecule has 0 aliphatic carbocycles. The molecule has 0 amide bonds. The number of aromatic nitrogens is 3. The Kier molecular flexibility index (Phi) is 4.92. The Morgan fingerprint density at radius 3 is 2.57 bits per heavy atom. The van der Waals surface area contributed by atoms with Gasteiger partial charge in [-0.25, -0.2) is 9.48 Å². The number of carbonyl (C=O) groups is 1. The van der Waals surface area contributed by atoms with Gasteiger partial charge in [-0.1, -0.05) is 30.7 Å². The van der Waals surface area contributed by atoms with Crippen molar-refractivity contribution in [2.45, 2.75) is 33.2 Å². The Morgan fingerprint density at radius 2 is 2.00 bits per heavy atom. The highest BCUT2D eigenvalue weighted by atomic mass is 16.5. The summed E-state index contributed by atoms with van der Waals surface area (Å²) in [6.07, 6.45) is 1.49. The van der Waals surface area contributed by atoms with E-state index < -0.39 is 5.97 Å². The highest BCUT2D eigenvalue weighted by Crippen LogP contribution is 2.15. The zero-order valence-electron chi connectivity index (χ0n) is 12.2. The van der Waals surface area contributed by atoms with E-state index in [0.717, 1.165) is 17.7 Å². The lowest BCUT2D eigenvalue weighted by Crippen LogP contribution is -2.09. The average molecular weight is 289 g/mol. The molecule has 0 radical (unpaired) electrons. The number of benzene rings is 1. The molecule has 112 valence electrons. The largest absolute Gasteiger partial charge is 0.494 e.